The monoisotopic (exact) mass is 446 g/mol. The molecule has 0 aliphatic rings. The second-order valence-electron chi connectivity index (χ2n) is 8.88. The van der Waals surface area contributed by atoms with Gasteiger partial charge in [0.1, 0.15) is 5.78 Å². The summed E-state index contributed by atoms with van der Waals surface area (Å²) < 4.78 is 9.56. The summed E-state index contributed by atoms with van der Waals surface area (Å²) in [5.41, 5.74) is 4.11. The molecule has 0 spiro atoms. The predicted octanol–water partition coefficient (Wildman–Crippen LogP) is -1.16. The summed E-state index contributed by atoms with van der Waals surface area (Å²) in [5, 5.41) is 2.27. The number of ketones is 1. The van der Waals surface area contributed by atoms with Crippen LogP contribution in [0, 0.1) is 17.8 Å². The van der Waals surface area contributed by atoms with Gasteiger partial charge in [0.15, 0.2) is 0 Å². The van der Waals surface area contributed by atoms with Crippen molar-refractivity contribution in [3.05, 3.63) is 0 Å². The summed E-state index contributed by atoms with van der Waals surface area (Å²) in [6, 6.07) is 0. The molecule has 0 amide bonds. The van der Waals surface area contributed by atoms with Gasteiger partial charge in [0.05, 0.1) is 72.8 Å². The first-order valence-electron chi connectivity index (χ1n) is 11.8. The van der Waals surface area contributed by atoms with E-state index in [1.807, 2.05) is 0 Å². The number of quaternary nitrogens is 3. The summed E-state index contributed by atoms with van der Waals surface area (Å²) in [6.45, 7) is 11.1. The largest absolute Gasteiger partial charge is 0.469 e. The first-order chi connectivity index (χ1) is 14.7. The Bertz CT molecular complexity index is 491. The van der Waals surface area contributed by atoms with Crippen molar-refractivity contribution in [1.29, 1.82) is 0 Å². The summed E-state index contributed by atoms with van der Waals surface area (Å²) in [6.07, 6.45) is 4.70. The van der Waals surface area contributed by atoms with Crippen molar-refractivity contribution in [2.45, 2.75) is 59.3 Å². The van der Waals surface area contributed by atoms with Crippen LogP contribution in [0.3, 0.4) is 0 Å². The Morgan fingerprint density at radius 2 is 1.55 bits per heavy atom. The molecule has 0 saturated carbocycles. The molecule has 8 nitrogen and oxygen atoms in total. The quantitative estimate of drug-likeness (QED) is 0.171. The summed E-state index contributed by atoms with van der Waals surface area (Å²) in [4.78, 5) is 35.6. The van der Waals surface area contributed by atoms with Gasteiger partial charge in [0.2, 0.25) is 0 Å². The van der Waals surface area contributed by atoms with E-state index in [2.05, 4.69) is 24.9 Å². The highest BCUT2D eigenvalue weighted by Crippen LogP contribution is 2.20. The fourth-order valence-corrected chi connectivity index (χ4v) is 4.14. The van der Waals surface area contributed by atoms with Gasteiger partial charge in [-0.1, -0.05) is 13.8 Å². The van der Waals surface area contributed by atoms with Gasteiger partial charge in [-0.25, -0.2) is 0 Å². The van der Waals surface area contributed by atoms with E-state index in [4.69, 9.17) is 9.47 Å². The van der Waals surface area contributed by atoms with Gasteiger partial charge in [-0.2, -0.15) is 0 Å². The van der Waals surface area contributed by atoms with Gasteiger partial charge in [-0.05, 0) is 26.2 Å². The maximum atomic E-state index is 11.6. The number of rotatable bonds is 19. The second-order valence-corrected chi connectivity index (χ2v) is 8.88. The fraction of sp³-hybridized carbons (Fsp3) is 0.870. The first kappa shape index (κ1) is 29.5. The van der Waals surface area contributed by atoms with Crippen molar-refractivity contribution in [2.24, 2.45) is 17.8 Å². The maximum absolute atomic E-state index is 11.6. The van der Waals surface area contributed by atoms with Gasteiger partial charge in [0, 0.05) is 17.8 Å². The molecule has 0 rings (SSSR count). The lowest BCUT2D eigenvalue weighted by molar-refractivity contribution is -0.902. The van der Waals surface area contributed by atoms with Gasteiger partial charge in [-0.3, -0.25) is 14.4 Å². The number of nitrogens with one attached hydrogen (secondary N) is 1. The van der Waals surface area contributed by atoms with E-state index in [-0.39, 0.29) is 17.7 Å². The zero-order valence-electron chi connectivity index (χ0n) is 20.5. The molecular weight excluding hydrogens is 398 g/mol. The van der Waals surface area contributed by atoms with E-state index in [9.17, 15) is 14.4 Å². The molecule has 182 valence electrons. The number of methoxy groups -OCH3 is 2. The number of nitrogens with two attached hydrogens (primary N) is 1. The van der Waals surface area contributed by atoms with Crippen LogP contribution in [-0.4, -0.2) is 71.2 Å². The molecular formula is C23H48N3O5+3. The van der Waals surface area contributed by atoms with Crippen LogP contribution in [0.5, 0.6) is 0 Å². The van der Waals surface area contributed by atoms with Crippen molar-refractivity contribution in [3.8, 4) is 0 Å². The van der Waals surface area contributed by atoms with Crippen LogP contribution in [0.15, 0.2) is 0 Å². The summed E-state index contributed by atoms with van der Waals surface area (Å²) >= 11 is 0. The third-order valence-corrected chi connectivity index (χ3v) is 6.05. The van der Waals surface area contributed by atoms with Crippen LogP contribution in [-0.2, 0) is 23.9 Å². The number of carbonyl (C=O) groups excluding carboxylic acids is 3. The Labute approximate surface area is 188 Å². The number of ether oxygens (including phenoxy) is 2. The number of hydrogen-bond donors (Lipinski definition) is 3. The zero-order chi connectivity index (χ0) is 23.6. The second kappa shape index (κ2) is 18.1. The minimum Gasteiger partial charge on any atom is -0.469 e. The van der Waals surface area contributed by atoms with Gasteiger partial charge in [0.25, 0.3) is 0 Å². The minimum atomic E-state index is -0.220. The third kappa shape index (κ3) is 15.9. The van der Waals surface area contributed by atoms with Gasteiger partial charge >= 0.3 is 11.9 Å². The molecule has 0 bridgehead atoms. The Kier molecular flexibility index (Phi) is 17.2. The fourth-order valence-electron chi connectivity index (χ4n) is 4.14. The number of carbonyl (C=O) groups is 3. The van der Waals surface area contributed by atoms with E-state index in [1.54, 1.807) is 6.92 Å². The average Bonchev–Trinajstić information content (AvgIpc) is 2.75. The van der Waals surface area contributed by atoms with Gasteiger partial charge in [-0.15, -0.1) is 0 Å². The molecule has 0 saturated heterocycles. The van der Waals surface area contributed by atoms with Crippen LogP contribution in [0.1, 0.15) is 59.3 Å². The highest BCUT2D eigenvalue weighted by molar-refractivity contribution is 5.75. The topological polar surface area (TPSA) is 118 Å². The van der Waals surface area contributed by atoms with Crippen molar-refractivity contribution in [2.75, 3.05) is 53.5 Å². The Balaban J connectivity index is 4.88. The molecule has 0 aromatic carbocycles. The SMILES string of the molecule is CCC(C[NH3+])CC(C[NH2+]CCC(C)=O)CC(C)C[NH+](CCC(=O)OC)CCC(=O)OC. The average molecular weight is 447 g/mol. The van der Waals surface area contributed by atoms with E-state index in [0.29, 0.717) is 50.1 Å². The van der Waals surface area contributed by atoms with Crippen LogP contribution < -0.4 is 16.0 Å². The molecule has 0 radical (unpaired) electrons. The standard InChI is InChI=1S/C23H45N3O5/c1-6-20(15-24)14-21(16-25-10-7-19(3)27)13-18(2)17-26(11-8-22(28)30-4)12-9-23(29)31-5/h18,20-21,25H,6-17,24H2,1-5H3/p+3. The molecule has 0 aliphatic heterocycles. The van der Waals surface area contributed by atoms with Crippen LogP contribution >= 0.6 is 0 Å². The minimum absolute atomic E-state index is 0.220. The first-order valence-corrected chi connectivity index (χ1v) is 11.8. The molecule has 0 heterocycles. The summed E-state index contributed by atoms with van der Waals surface area (Å²) in [5.74, 6) is 1.45. The van der Waals surface area contributed by atoms with Crippen molar-refractivity contribution in [1.82, 2.24) is 0 Å². The normalized spacial score (nSPS) is 14.2. The highest BCUT2D eigenvalue weighted by atomic mass is 16.5. The van der Waals surface area contributed by atoms with Crippen LogP contribution in [0.2, 0.25) is 0 Å². The maximum Gasteiger partial charge on any atom is 0.311 e. The van der Waals surface area contributed by atoms with E-state index in [0.717, 1.165) is 45.4 Å². The van der Waals surface area contributed by atoms with Crippen molar-refractivity contribution >= 4 is 17.7 Å². The molecule has 6 N–H and O–H groups in total. The predicted molar refractivity (Wildman–Crippen MR) is 119 cm³/mol. The number of Topliss-reactive ketones (excluding diaryl/α,β-unsaturated/α-hetero) is 1. The molecule has 3 unspecified atom stereocenters. The summed E-state index contributed by atoms with van der Waals surface area (Å²) in [7, 11) is 2.80. The molecule has 8 heteroatoms. The molecule has 0 fully saturated rings. The van der Waals surface area contributed by atoms with E-state index in [1.165, 1.54) is 19.1 Å². The third-order valence-electron chi connectivity index (χ3n) is 6.05. The lowest BCUT2D eigenvalue weighted by Gasteiger charge is -2.26. The van der Waals surface area contributed by atoms with E-state index < -0.39 is 0 Å². The molecule has 31 heavy (non-hydrogen) atoms. The lowest BCUT2D eigenvalue weighted by atomic mass is 9.86. The number of hydrogen-bond acceptors (Lipinski definition) is 5. The highest BCUT2D eigenvalue weighted by Gasteiger charge is 2.23. The Hall–Kier alpha value is -1.51. The molecule has 0 aromatic heterocycles. The lowest BCUT2D eigenvalue weighted by Crippen LogP contribution is -3.12. The van der Waals surface area contributed by atoms with Crippen LogP contribution in [0.4, 0.5) is 0 Å². The number of esters is 2. The Morgan fingerprint density at radius 3 is 2.00 bits per heavy atom. The molecule has 0 aromatic rings. The Morgan fingerprint density at radius 1 is 0.968 bits per heavy atom. The smallest absolute Gasteiger partial charge is 0.311 e. The zero-order valence-corrected chi connectivity index (χ0v) is 20.5. The van der Waals surface area contributed by atoms with Gasteiger partial charge < -0.3 is 25.4 Å². The van der Waals surface area contributed by atoms with Crippen molar-refractivity contribution in [3.63, 3.8) is 0 Å². The van der Waals surface area contributed by atoms with E-state index >= 15 is 0 Å². The van der Waals surface area contributed by atoms with Crippen molar-refractivity contribution < 1.29 is 39.8 Å². The molecule has 0 aliphatic carbocycles. The molecule has 3 atom stereocenters. The van der Waals surface area contributed by atoms with Crippen LogP contribution in [0.25, 0.3) is 0 Å².